The van der Waals surface area contributed by atoms with Crippen molar-refractivity contribution >= 4 is 21.6 Å². The number of aliphatic hydroxyl groups is 1. The van der Waals surface area contributed by atoms with E-state index in [1.54, 1.807) is 0 Å². The highest BCUT2D eigenvalue weighted by Gasteiger charge is 2.19. The maximum Gasteiger partial charge on any atom is 0.281 e. The van der Waals surface area contributed by atoms with Crippen molar-refractivity contribution in [3.8, 4) is 0 Å². The lowest BCUT2D eigenvalue weighted by Gasteiger charge is -2.12. The van der Waals surface area contributed by atoms with Crippen LogP contribution in [-0.4, -0.2) is 37.8 Å². The van der Waals surface area contributed by atoms with E-state index in [-0.39, 0.29) is 10.6 Å². The molecule has 0 aliphatic heterocycles. The van der Waals surface area contributed by atoms with E-state index in [0.717, 1.165) is 11.2 Å². The third-order valence-electron chi connectivity index (χ3n) is 2.52. The fourth-order valence-corrected chi connectivity index (χ4v) is 2.36. The molecule has 21 heavy (non-hydrogen) atoms. The minimum Gasteiger partial charge on any atom is -0.510 e. The van der Waals surface area contributed by atoms with Gasteiger partial charge in [0.2, 0.25) is 15.7 Å². The zero-order valence-corrected chi connectivity index (χ0v) is 12.5. The smallest absolute Gasteiger partial charge is 0.281 e. The summed E-state index contributed by atoms with van der Waals surface area (Å²) >= 11 is 0. The van der Waals surface area contributed by atoms with E-state index in [2.05, 4.69) is 10.5 Å². The Kier molecular flexibility index (Phi) is 5.17. The second kappa shape index (κ2) is 6.46. The van der Waals surface area contributed by atoms with E-state index in [1.807, 2.05) is 0 Å². The number of amides is 1. The van der Waals surface area contributed by atoms with Crippen molar-refractivity contribution in [2.24, 2.45) is 5.18 Å². The van der Waals surface area contributed by atoms with Gasteiger partial charge in [-0.15, -0.1) is 4.91 Å². The molecule has 1 amide bonds. The number of benzene rings is 1. The first-order valence-electron chi connectivity index (χ1n) is 5.77. The number of hydrogen-bond donors (Lipinski definition) is 2. The first-order valence-corrected chi connectivity index (χ1v) is 7.21. The Labute approximate surface area is 122 Å². The Morgan fingerprint density at radius 1 is 1.33 bits per heavy atom. The van der Waals surface area contributed by atoms with E-state index >= 15 is 0 Å². The van der Waals surface area contributed by atoms with Crippen molar-refractivity contribution < 1.29 is 18.3 Å². The highest BCUT2D eigenvalue weighted by atomic mass is 32.2. The van der Waals surface area contributed by atoms with E-state index in [0.29, 0.717) is 0 Å². The van der Waals surface area contributed by atoms with Crippen LogP contribution in [0.4, 0.5) is 5.69 Å². The minimum atomic E-state index is -3.64. The molecule has 0 atom stereocenters. The highest BCUT2D eigenvalue weighted by molar-refractivity contribution is 7.89. The fourth-order valence-electron chi connectivity index (χ4n) is 1.41. The number of sulfonamides is 1. The minimum absolute atomic E-state index is 0.0180. The summed E-state index contributed by atoms with van der Waals surface area (Å²) in [6.45, 7) is 1.14. The van der Waals surface area contributed by atoms with Gasteiger partial charge in [-0.25, -0.2) is 12.7 Å². The third-order valence-corrected chi connectivity index (χ3v) is 4.33. The predicted octanol–water partition coefficient (Wildman–Crippen LogP) is 1.43. The third kappa shape index (κ3) is 3.86. The first-order chi connectivity index (χ1) is 9.70. The number of nitrogens with zero attached hydrogens (tertiary/aromatic N) is 2. The van der Waals surface area contributed by atoms with E-state index in [9.17, 15) is 18.1 Å². The summed E-state index contributed by atoms with van der Waals surface area (Å²) in [5, 5.41) is 13.9. The number of aliphatic hydroxyl groups excluding tert-OH is 1. The fraction of sp³-hybridized carbons (Fsp3) is 0.250. The van der Waals surface area contributed by atoms with Crippen LogP contribution in [0, 0.1) is 4.91 Å². The molecule has 114 valence electrons. The summed E-state index contributed by atoms with van der Waals surface area (Å²) in [6.07, 6.45) is 0. The van der Waals surface area contributed by atoms with Gasteiger partial charge in [0, 0.05) is 19.8 Å². The monoisotopic (exact) mass is 313 g/mol. The standard InChI is InChI=1S/C12H15N3O5S/c1-8(16)11(14-18)12(17)13-9-5-4-6-10(7-9)21(19,20)15(2)3/h4-7,16H,1-3H3,(H,13,17). The molecule has 0 bridgehead atoms. The van der Waals surface area contributed by atoms with Gasteiger partial charge in [-0.2, -0.15) is 0 Å². The molecular weight excluding hydrogens is 298 g/mol. The molecule has 0 fully saturated rings. The van der Waals surface area contributed by atoms with E-state index in [1.165, 1.54) is 38.4 Å². The van der Waals surface area contributed by atoms with Crippen LogP contribution < -0.4 is 5.32 Å². The lowest BCUT2D eigenvalue weighted by atomic mass is 10.3. The second-order valence-corrected chi connectivity index (χ2v) is 6.45. The SMILES string of the molecule is CC(O)=C(N=O)C(=O)Nc1cccc(S(=O)(=O)N(C)C)c1. The molecular formula is C12H15N3O5S. The molecule has 0 saturated carbocycles. The molecule has 0 unspecified atom stereocenters. The summed E-state index contributed by atoms with van der Waals surface area (Å²) in [4.78, 5) is 22.1. The molecule has 1 aromatic carbocycles. The average Bonchev–Trinajstić information content (AvgIpc) is 2.39. The number of hydrogen-bond acceptors (Lipinski definition) is 6. The van der Waals surface area contributed by atoms with Gasteiger partial charge < -0.3 is 10.4 Å². The zero-order valence-electron chi connectivity index (χ0n) is 11.7. The molecule has 0 saturated heterocycles. The van der Waals surface area contributed by atoms with Crippen LogP contribution >= 0.6 is 0 Å². The van der Waals surface area contributed by atoms with Crippen molar-refractivity contribution in [1.29, 1.82) is 0 Å². The Bertz CT molecular complexity index is 691. The molecule has 0 spiro atoms. The number of anilines is 1. The number of nitrogens with one attached hydrogen (secondary N) is 1. The van der Waals surface area contributed by atoms with Gasteiger partial charge in [-0.05, 0) is 30.3 Å². The summed E-state index contributed by atoms with van der Waals surface area (Å²) in [5.74, 6) is -1.45. The maximum atomic E-state index is 12.0. The Hall–Kier alpha value is -2.26. The van der Waals surface area contributed by atoms with Crippen molar-refractivity contribution in [3.63, 3.8) is 0 Å². The summed E-state index contributed by atoms with van der Waals surface area (Å²) < 4.78 is 25.0. The van der Waals surface area contributed by atoms with Crippen LogP contribution in [0.5, 0.6) is 0 Å². The van der Waals surface area contributed by atoms with Crippen LogP contribution in [0.1, 0.15) is 6.92 Å². The topological polar surface area (TPSA) is 116 Å². The molecule has 8 nitrogen and oxygen atoms in total. The van der Waals surface area contributed by atoms with Gasteiger partial charge in [-0.3, -0.25) is 4.79 Å². The predicted molar refractivity (Wildman–Crippen MR) is 77.1 cm³/mol. The quantitative estimate of drug-likeness (QED) is 0.484. The number of allylic oxidation sites excluding steroid dienone is 1. The molecule has 1 rings (SSSR count). The van der Waals surface area contributed by atoms with Gasteiger partial charge in [0.1, 0.15) is 5.76 Å². The first kappa shape index (κ1) is 16.8. The van der Waals surface area contributed by atoms with Crippen LogP contribution in [0.25, 0.3) is 0 Å². The molecule has 0 aliphatic rings. The van der Waals surface area contributed by atoms with Crippen molar-refractivity contribution in [1.82, 2.24) is 4.31 Å². The van der Waals surface area contributed by atoms with Crippen LogP contribution in [0.2, 0.25) is 0 Å². The van der Waals surface area contributed by atoms with Gasteiger partial charge in [0.25, 0.3) is 5.91 Å². The molecule has 0 aromatic heterocycles. The van der Waals surface area contributed by atoms with E-state index < -0.39 is 27.4 Å². The molecule has 0 radical (unpaired) electrons. The molecule has 0 aliphatic carbocycles. The second-order valence-electron chi connectivity index (χ2n) is 4.29. The molecule has 9 heteroatoms. The van der Waals surface area contributed by atoms with Crippen LogP contribution in [-0.2, 0) is 14.8 Å². The number of rotatable bonds is 5. The van der Waals surface area contributed by atoms with E-state index in [4.69, 9.17) is 5.11 Å². The van der Waals surface area contributed by atoms with Gasteiger partial charge >= 0.3 is 0 Å². The Morgan fingerprint density at radius 3 is 2.43 bits per heavy atom. The van der Waals surface area contributed by atoms with Gasteiger partial charge in [0.15, 0.2) is 0 Å². The normalized spacial score (nSPS) is 12.8. The Balaban J connectivity index is 3.11. The van der Waals surface area contributed by atoms with Gasteiger partial charge in [0.05, 0.1) is 4.90 Å². The largest absolute Gasteiger partial charge is 0.510 e. The van der Waals surface area contributed by atoms with Gasteiger partial charge in [-0.1, -0.05) is 6.07 Å². The summed E-state index contributed by atoms with van der Waals surface area (Å²) in [6, 6.07) is 5.50. The maximum absolute atomic E-state index is 12.0. The highest BCUT2D eigenvalue weighted by Crippen LogP contribution is 2.18. The number of nitroso groups, excluding NO2 is 1. The average molecular weight is 313 g/mol. The number of carbonyl (C=O) groups excluding carboxylic acids is 1. The summed E-state index contributed by atoms with van der Waals surface area (Å²) in [5.41, 5.74) is -0.513. The van der Waals surface area contributed by atoms with Crippen molar-refractivity contribution in [2.45, 2.75) is 11.8 Å². The lowest BCUT2D eigenvalue weighted by molar-refractivity contribution is -0.113. The number of carbonyl (C=O) groups is 1. The van der Waals surface area contributed by atoms with Crippen LogP contribution in [0.15, 0.2) is 45.8 Å². The zero-order chi connectivity index (χ0) is 16.2. The van der Waals surface area contributed by atoms with Crippen molar-refractivity contribution in [2.75, 3.05) is 19.4 Å². The van der Waals surface area contributed by atoms with Crippen molar-refractivity contribution in [3.05, 3.63) is 40.6 Å². The van der Waals surface area contributed by atoms with Crippen LogP contribution in [0.3, 0.4) is 0 Å². The molecule has 1 aromatic rings. The Morgan fingerprint density at radius 2 is 1.95 bits per heavy atom. The molecule has 2 N–H and O–H groups in total. The lowest BCUT2D eigenvalue weighted by Crippen LogP contribution is -2.22. The molecule has 0 heterocycles. The summed E-state index contributed by atoms with van der Waals surface area (Å²) in [7, 11) is -0.878.